The number of benzene rings is 2. The van der Waals surface area contributed by atoms with Crippen molar-refractivity contribution in [1.29, 1.82) is 0 Å². The van der Waals surface area contributed by atoms with E-state index in [0.717, 1.165) is 17.5 Å². The number of phenolic OH excluding ortho intramolecular Hbond substituents is 1. The smallest absolute Gasteiger partial charge is 0.229 e. The van der Waals surface area contributed by atoms with E-state index in [1.54, 1.807) is 19.2 Å². The number of hydrogen-bond donors (Lipinski definition) is 7. The number of nitrogens with one attached hydrogen (secondary N) is 1. The van der Waals surface area contributed by atoms with Crippen molar-refractivity contribution >= 4 is 16.6 Å². The molecule has 11 heteroatoms. The Hall–Kier alpha value is -3.19. The van der Waals surface area contributed by atoms with E-state index in [4.69, 9.17) is 14.2 Å². The van der Waals surface area contributed by atoms with Crippen LogP contribution in [-0.4, -0.2) is 85.3 Å². The van der Waals surface area contributed by atoms with Crippen LogP contribution in [-0.2, 0) is 24.2 Å². The van der Waals surface area contributed by atoms with Crippen LogP contribution in [0.15, 0.2) is 24.5 Å². The number of rotatable bonds is 9. The number of ketones is 1. The van der Waals surface area contributed by atoms with Gasteiger partial charge in [-0.2, -0.15) is 0 Å². The summed E-state index contributed by atoms with van der Waals surface area (Å²) in [5.41, 5.74) is 2.64. The Morgan fingerprint density at radius 3 is 2.41 bits per heavy atom. The van der Waals surface area contributed by atoms with Crippen molar-refractivity contribution in [3.8, 4) is 17.2 Å². The molecule has 2 aromatic carbocycles. The van der Waals surface area contributed by atoms with E-state index in [1.807, 2.05) is 13.1 Å². The number of carbonyl (C=O) groups excluding carboxylic acids is 1. The van der Waals surface area contributed by atoms with Crippen molar-refractivity contribution in [2.24, 2.45) is 0 Å². The van der Waals surface area contributed by atoms with Gasteiger partial charge in [0.15, 0.2) is 5.78 Å². The first-order chi connectivity index (χ1) is 18.5. The number of Topliss-reactive ketones (excluding diaryl/α,β-unsaturated/α-hetero) is 1. The second kappa shape index (κ2) is 11.5. The highest BCUT2D eigenvalue weighted by Gasteiger charge is 2.48. The summed E-state index contributed by atoms with van der Waals surface area (Å²) < 4.78 is 17.2. The highest BCUT2D eigenvalue weighted by Crippen LogP contribution is 2.44. The molecule has 1 aliphatic rings. The van der Waals surface area contributed by atoms with Gasteiger partial charge in [-0.3, -0.25) is 4.79 Å². The highest BCUT2D eigenvalue weighted by atomic mass is 16.7. The first kappa shape index (κ1) is 28.8. The molecule has 1 fully saturated rings. The number of aromatic amines is 1. The summed E-state index contributed by atoms with van der Waals surface area (Å²) in [6.07, 6.45) is -4.91. The van der Waals surface area contributed by atoms with Gasteiger partial charge in [0.1, 0.15) is 41.7 Å². The van der Waals surface area contributed by atoms with Gasteiger partial charge in [0.25, 0.3) is 0 Å². The molecular formula is C28H35NO10. The molecule has 212 valence electrons. The lowest BCUT2D eigenvalue weighted by Crippen LogP contribution is -2.62. The number of carbonyl (C=O) groups is 1. The molecule has 0 aliphatic carbocycles. The molecule has 1 aliphatic heterocycles. The van der Waals surface area contributed by atoms with Crippen LogP contribution in [0.1, 0.15) is 46.5 Å². The summed E-state index contributed by atoms with van der Waals surface area (Å²) in [7, 11) is 1.38. The number of ether oxygens (including phenoxy) is 3. The lowest BCUT2D eigenvalue weighted by atomic mass is 9.91. The van der Waals surface area contributed by atoms with Crippen LogP contribution >= 0.6 is 0 Å². The molecule has 11 nitrogen and oxygen atoms in total. The zero-order chi connectivity index (χ0) is 28.6. The maximum Gasteiger partial charge on any atom is 0.229 e. The molecule has 1 saturated heterocycles. The summed E-state index contributed by atoms with van der Waals surface area (Å²) in [5, 5.41) is 64.5. The molecule has 2 heterocycles. The van der Waals surface area contributed by atoms with Gasteiger partial charge in [-0.25, -0.2) is 0 Å². The van der Waals surface area contributed by atoms with Crippen molar-refractivity contribution in [1.82, 2.24) is 4.98 Å². The average Bonchev–Trinajstić information content (AvgIpc) is 3.34. The molecule has 0 spiro atoms. The van der Waals surface area contributed by atoms with Gasteiger partial charge in [-0.15, -0.1) is 0 Å². The largest absolute Gasteiger partial charge is 0.506 e. The third-order valence-corrected chi connectivity index (χ3v) is 7.33. The number of methoxy groups -OCH3 is 1. The van der Waals surface area contributed by atoms with Crippen molar-refractivity contribution in [2.75, 3.05) is 7.11 Å². The minimum absolute atomic E-state index is 0.0495. The van der Waals surface area contributed by atoms with Crippen LogP contribution in [0, 0.1) is 6.92 Å². The van der Waals surface area contributed by atoms with E-state index < -0.39 is 54.9 Å². The molecular weight excluding hydrogens is 510 g/mol. The van der Waals surface area contributed by atoms with E-state index in [0.29, 0.717) is 16.5 Å². The quantitative estimate of drug-likeness (QED) is 0.193. The summed E-state index contributed by atoms with van der Waals surface area (Å²) >= 11 is 0. The van der Waals surface area contributed by atoms with Crippen LogP contribution < -0.4 is 9.47 Å². The van der Waals surface area contributed by atoms with Crippen LogP contribution in [0.5, 0.6) is 17.2 Å². The molecule has 39 heavy (non-hydrogen) atoms. The summed E-state index contributed by atoms with van der Waals surface area (Å²) in [6, 6.07) is 2.97. The Morgan fingerprint density at radius 1 is 1.10 bits per heavy atom. The lowest BCUT2D eigenvalue weighted by Gasteiger charge is -2.42. The molecule has 0 saturated carbocycles. The standard InChI is InChI=1S/C28H35NO10/c1-5-14-9-29-10-15(14)7-18(32)27-25(35)24(34)26(36)28(39-27)38-20-8-19(37-4)17(11-30)16-6-12(2)21(13(3)31)23(33)22(16)20/h6,8-10,18,24-30,32-36H,5,7,11H2,1-4H3. The first-order valence-electron chi connectivity index (χ1n) is 12.7. The average molecular weight is 546 g/mol. The van der Waals surface area contributed by atoms with E-state index in [9.17, 15) is 35.4 Å². The van der Waals surface area contributed by atoms with Gasteiger partial charge in [0, 0.05) is 30.4 Å². The molecule has 1 aromatic heterocycles. The zero-order valence-electron chi connectivity index (χ0n) is 22.2. The monoisotopic (exact) mass is 545 g/mol. The topological polar surface area (TPSA) is 182 Å². The van der Waals surface area contributed by atoms with Gasteiger partial charge < -0.3 is 49.8 Å². The van der Waals surface area contributed by atoms with Crippen LogP contribution in [0.2, 0.25) is 0 Å². The Labute approximate surface area is 225 Å². The molecule has 3 aromatic rings. The summed E-state index contributed by atoms with van der Waals surface area (Å²) in [4.78, 5) is 15.3. The number of fused-ring (bicyclic) bond motifs is 1. The highest BCUT2D eigenvalue weighted by molar-refractivity contribution is 6.08. The molecule has 4 rings (SSSR count). The fraction of sp³-hybridized carbons (Fsp3) is 0.464. The van der Waals surface area contributed by atoms with Gasteiger partial charge in [0.2, 0.25) is 6.29 Å². The number of H-pyrrole nitrogens is 1. The van der Waals surface area contributed by atoms with Crippen LogP contribution in [0.25, 0.3) is 10.8 Å². The number of phenols is 1. The third kappa shape index (κ3) is 5.21. The predicted molar refractivity (Wildman–Crippen MR) is 140 cm³/mol. The molecule has 0 bridgehead atoms. The third-order valence-electron chi connectivity index (χ3n) is 7.33. The molecule has 6 atom stereocenters. The number of aromatic nitrogens is 1. The minimum atomic E-state index is -1.74. The second-order valence-corrected chi connectivity index (χ2v) is 9.80. The fourth-order valence-corrected chi connectivity index (χ4v) is 5.28. The molecule has 7 N–H and O–H groups in total. The van der Waals surface area contributed by atoms with Gasteiger partial charge in [-0.05, 0) is 48.4 Å². The van der Waals surface area contributed by atoms with Crippen molar-refractivity contribution in [3.05, 3.63) is 52.3 Å². The Bertz CT molecular complexity index is 1350. The Morgan fingerprint density at radius 2 is 1.79 bits per heavy atom. The van der Waals surface area contributed by atoms with Crippen molar-refractivity contribution in [2.45, 2.75) is 77.0 Å². The van der Waals surface area contributed by atoms with Gasteiger partial charge in [0.05, 0.1) is 30.8 Å². The maximum absolute atomic E-state index is 12.3. The Kier molecular flexibility index (Phi) is 8.50. The zero-order valence-corrected chi connectivity index (χ0v) is 22.2. The number of aliphatic hydroxyl groups excluding tert-OH is 5. The summed E-state index contributed by atoms with van der Waals surface area (Å²) in [6.45, 7) is 4.46. The normalized spacial score (nSPS) is 24.1. The van der Waals surface area contributed by atoms with E-state index >= 15 is 0 Å². The fourth-order valence-electron chi connectivity index (χ4n) is 5.28. The molecule has 6 unspecified atom stereocenters. The second-order valence-electron chi connectivity index (χ2n) is 9.80. The minimum Gasteiger partial charge on any atom is -0.506 e. The predicted octanol–water partition coefficient (Wildman–Crippen LogP) is 1.24. The van der Waals surface area contributed by atoms with E-state index in [-0.39, 0.29) is 28.9 Å². The van der Waals surface area contributed by atoms with Crippen molar-refractivity contribution in [3.63, 3.8) is 0 Å². The van der Waals surface area contributed by atoms with Crippen molar-refractivity contribution < 1.29 is 49.6 Å². The van der Waals surface area contributed by atoms with E-state index in [1.165, 1.54) is 20.1 Å². The van der Waals surface area contributed by atoms with Gasteiger partial charge in [-0.1, -0.05) is 6.92 Å². The summed E-state index contributed by atoms with van der Waals surface area (Å²) in [5.74, 6) is -0.659. The maximum atomic E-state index is 12.3. The number of aliphatic hydroxyl groups is 5. The van der Waals surface area contributed by atoms with Gasteiger partial charge >= 0.3 is 0 Å². The van der Waals surface area contributed by atoms with Crippen LogP contribution in [0.4, 0.5) is 0 Å². The SMILES string of the molecule is CCc1c[nH]cc1CC(O)C1OC(Oc2cc(OC)c(CO)c3cc(C)c(C(C)=O)c(O)c23)C(O)C(O)C1O. The van der Waals surface area contributed by atoms with E-state index in [2.05, 4.69) is 4.98 Å². The molecule has 0 amide bonds. The van der Waals surface area contributed by atoms with Crippen LogP contribution in [0.3, 0.4) is 0 Å². The number of aromatic hydroxyl groups is 1. The molecule has 0 radical (unpaired) electrons. The first-order valence-corrected chi connectivity index (χ1v) is 12.7. The number of hydrogen-bond acceptors (Lipinski definition) is 10. The lowest BCUT2D eigenvalue weighted by molar-refractivity contribution is -0.287. The Balaban J connectivity index is 1.75. The number of aryl methyl sites for hydroxylation is 2.